The van der Waals surface area contributed by atoms with Gasteiger partial charge in [0, 0.05) is 4.91 Å². The predicted molar refractivity (Wildman–Crippen MR) is 73.6 cm³/mol. The summed E-state index contributed by atoms with van der Waals surface area (Å²) in [5, 5.41) is 3.42. The van der Waals surface area contributed by atoms with Crippen LogP contribution < -0.4 is 5.32 Å². The highest BCUT2D eigenvalue weighted by Crippen LogP contribution is 2.48. The quantitative estimate of drug-likeness (QED) is 0.719. The van der Waals surface area contributed by atoms with Gasteiger partial charge in [-0.25, -0.2) is 0 Å². The number of carbonyl (C=O) groups is 1. The van der Waals surface area contributed by atoms with Crippen LogP contribution in [0, 0.1) is 5.92 Å². The molecule has 3 heteroatoms. The molecule has 0 aromatic rings. The van der Waals surface area contributed by atoms with Gasteiger partial charge in [-0.2, -0.15) is 0 Å². The van der Waals surface area contributed by atoms with E-state index in [1.165, 1.54) is 10.5 Å². The summed E-state index contributed by atoms with van der Waals surface area (Å²) in [5.74, 6) is -0.0315. The van der Waals surface area contributed by atoms with Crippen molar-refractivity contribution in [2.75, 3.05) is 0 Å². The molecule has 2 unspecified atom stereocenters. The second kappa shape index (κ2) is 3.62. The Morgan fingerprint density at radius 2 is 1.78 bits per heavy atom. The summed E-state index contributed by atoms with van der Waals surface area (Å²) in [5.41, 5.74) is 3.38. The normalized spacial score (nSPS) is 31.4. The lowest BCUT2D eigenvalue weighted by atomic mass is 9.88. The molecular weight excluding hydrogens is 242 g/mol. The molecule has 1 N–H and O–H groups in total. The summed E-state index contributed by atoms with van der Waals surface area (Å²) in [4.78, 5) is 13.4. The molecule has 1 amide bonds. The second-order valence-corrected chi connectivity index (χ2v) is 5.76. The van der Waals surface area contributed by atoms with Crippen LogP contribution in [-0.4, -0.2) is 11.2 Å². The van der Waals surface area contributed by atoms with E-state index in [-0.39, 0.29) is 11.8 Å². The van der Waals surface area contributed by atoms with E-state index in [0.29, 0.717) is 5.25 Å². The number of thioether (sulfide) groups is 1. The molecule has 2 atom stereocenters. The van der Waals surface area contributed by atoms with E-state index in [9.17, 15) is 4.79 Å². The first kappa shape index (κ1) is 10.2. The summed E-state index contributed by atoms with van der Waals surface area (Å²) >= 11 is 1.83. The fourth-order valence-electron chi connectivity index (χ4n) is 2.70. The van der Waals surface area contributed by atoms with Crippen molar-refractivity contribution in [3.63, 3.8) is 0 Å². The van der Waals surface area contributed by atoms with Crippen LogP contribution in [0.2, 0.25) is 0 Å². The van der Waals surface area contributed by atoms with Crippen LogP contribution in [0.5, 0.6) is 0 Å². The maximum atomic E-state index is 12.1. The van der Waals surface area contributed by atoms with E-state index in [0.717, 1.165) is 11.3 Å². The van der Waals surface area contributed by atoms with Gasteiger partial charge in [0.05, 0.1) is 16.9 Å². The molecule has 4 rings (SSSR count). The summed E-state index contributed by atoms with van der Waals surface area (Å²) < 4.78 is 0. The molecule has 0 saturated heterocycles. The first-order chi connectivity index (χ1) is 8.84. The number of amides is 1. The van der Waals surface area contributed by atoms with Crippen LogP contribution >= 0.6 is 11.8 Å². The van der Waals surface area contributed by atoms with Crippen LogP contribution in [0.25, 0.3) is 0 Å². The summed E-state index contributed by atoms with van der Waals surface area (Å²) in [6, 6.07) is 0. The highest BCUT2D eigenvalue weighted by molar-refractivity contribution is 8.04. The molecule has 0 saturated carbocycles. The molecule has 0 bridgehead atoms. The molecule has 0 aromatic heterocycles. The van der Waals surface area contributed by atoms with E-state index >= 15 is 0 Å². The molecule has 0 radical (unpaired) electrons. The van der Waals surface area contributed by atoms with Crippen molar-refractivity contribution in [3.8, 4) is 0 Å². The van der Waals surface area contributed by atoms with Crippen LogP contribution in [0.3, 0.4) is 0 Å². The van der Waals surface area contributed by atoms with Gasteiger partial charge < -0.3 is 5.32 Å². The average Bonchev–Trinajstić information content (AvgIpc) is 2.78. The van der Waals surface area contributed by atoms with E-state index in [1.54, 1.807) is 0 Å². The first-order valence-corrected chi connectivity index (χ1v) is 6.88. The molecule has 0 spiro atoms. The molecule has 0 aromatic carbocycles. The predicted octanol–water partition coefficient (Wildman–Crippen LogP) is 2.61. The Morgan fingerprint density at radius 1 is 1.00 bits per heavy atom. The van der Waals surface area contributed by atoms with Gasteiger partial charge in [0.25, 0.3) is 0 Å². The Hall–Kier alpha value is -1.74. The number of carbonyl (C=O) groups excluding carboxylic acids is 1. The van der Waals surface area contributed by atoms with Gasteiger partial charge in [-0.1, -0.05) is 48.6 Å². The van der Waals surface area contributed by atoms with Crippen LogP contribution in [-0.2, 0) is 4.79 Å². The fourth-order valence-corrected chi connectivity index (χ4v) is 4.06. The molecule has 2 heterocycles. The zero-order valence-electron chi connectivity index (χ0n) is 9.59. The molecule has 4 aliphatic rings. The molecule has 2 aliphatic heterocycles. The minimum atomic E-state index is -0.116. The minimum Gasteiger partial charge on any atom is -0.324 e. The van der Waals surface area contributed by atoms with E-state index in [1.807, 2.05) is 36.1 Å². The zero-order chi connectivity index (χ0) is 12.1. The number of rotatable bonds is 0. The van der Waals surface area contributed by atoms with Crippen molar-refractivity contribution >= 4 is 17.7 Å². The van der Waals surface area contributed by atoms with Crippen molar-refractivity contribution < 1.29 is 4.79 Å². The summed E-state index contributed by atoms with van der Waals surface area (Å²) in [6.07, 6.45) is 16.4. The Morgan fingerprint density at radius 3 is 2.67 bits per heavy atom. The average molecular weight is 253 g/mol. The molecule has 0 fully saturated rings. The van der Waals surface area contributed by atoms with Gasteiger partial charge in [-0.15, -0.1) is 11.8 Å². The second-order valence-electron chi connectivity index (χ2n) is 4.61. The molecule has 2 aliphatic carbocycles. The Bertz CT molecular complexity index is 631. The monoisotopic (exact) mass is 253 g/mol. The number of hydrogen-bond acceptors (Lipinski definition) is 2. The number of fused-ring (bicyclic) bond motifs is 3. The van der Waals surface area contributed by atoms with E-state index < -0.39 is 0 Å². The van der Waals surface area contributed by atoms with Crippen molar-refractivity contribution in [1.82, 2.24) is 5.32 Å². The van der Waals surface area contributed by atoms with Crippen molar-refractivity contribution in [2.24, 2.45) is 5.92 Å². The van der Waals surface area contributed by atoms with Gasteiger partial charge >= 0.3 is 0 Å². The van der Waals surface area contributed by atoms with Gasteiger partial charge in [-0.05, 0) is 11.1 Å². The zero-order valence-corrected chi connectivity index (χ0v) is 10.4. The highest BCUT2D eigenvalue weighted by Gasteiger charge is 2.38. The van der Waals surface area contributed by atoms with E-state index in [2.05, 4.69) is 29.6 Å². The lowest BCUT2D eigenvalue weighted by Gasteiger charge is -2.25. The Kier molecular flexibility index (Phi) is 2.06. The third-order valence-electron chi connectivity index (χ3n) is 3.56. The third kappa shape index (κ3) is 1.28. The SMILES string of the molecule is O=C1NC2=C3C=CC=CC3SC2=C2C=CC=CC12. The van der Waals surface area contributed by atoms with Gasteiger partial charge in [0.2, 0.25) is 5.91 Å². The lowest BCUT2D eigenvalue weighted by Crippen LogP contribution is -2.35. The van der Waals surface area contributed by atoms with Crippen LogP contribution in [0.4, 0.5) is 0 Å². The summed E-state index contributed by atoms with van der Waals surface area (Å²) in [7, 11) is 0. The van der Waals surface area contributed by atoms with Crippen LogP contribution in [0.15, 0.2) is 70.4 Å². The minimum absolute atomic E-state index is 0.0843. The largest absolute Gasteiger partial charge is 0.324 e. The van der Waals surface area contributed by atoms with Crippen molar-refractivity contribution in [3.05, 3.63) is 70.4 Å². The fraction of sp³-hybridized carbons (Fsp3) is 0.133. The molecule has 2 nitrogen and oxygen atoms in total. The Balaban J connectivity index is 1.93. The molecule has 88 valence electrons. The molecule has 18 heavy (non-hydrogen) atoms. The maximum absolute atomic E-state index is 12.1. The number of nitrogens with one attached hydrogen (secondary N) is 1. The smallest absolute Gasteiger partial charge is 0.235 e. The first-order valence-electron chi connectivity index (χ1n) is 6.00. The van der Waals surface area contributed by atoms with E-state index in [4.69, 9.17) is 0 Å². The van der Waals surface area contributed by atoms with Crippen molar-refractivity contribution in [2.45, 2.75) is 5.25 Å². The third-order valence-corrected chi connectivity index (χ3v) is 4.90. The maximum Gasteiger partial charge on any atom is 0.235 e. The Labute approximate surface area is 110 Å². The van der Waals surface area contributed by atoms with Gasteiger partial charge in [0.15, 0.2) is 0 Å². The highest BCUT2D eigenvalue weighted by atomic mass is 32.2. The topological polar surface area (TPSA) is 29.1 Å². The lowest BCUT2D eigenvalue weighted by molar-refractivity contribution is -0.122. The van der Waals surface area contributed by atoms with Crippen LogP contribution in [0.1, 0.15) is 0 Å². The number of hydrogen-bond donors (Lipinski definition) is 1. The molecular formula is C15H11NOS. The van der Waals surface area contributed by atoms with Gasteiger partial charge in [0.1, 0.15) is 0 Å². The number of allylic oxidation sites excluding steroid dienone is 6. The summed E-state index contributed by atoms with van der Waals surface area (Å²) in [6.45, 7) is 0. The standard InChI is InChI=1S/C15H11NOS/c17-15-10-6-2-1-5-9(10)14-13(16-15)11-7-3-4-8-12(11)18-14/h1-8,10,12H,(H,16,17). The van der Waals surface area contributed by atoms with Crippen molar-refractivity contribution in [1.29, 1.82) is 0 Å². The van der Waals surface area contributed by atoms with Gasteiger partial charge in [-0.3, -0.25) is 4.79 Å².